The van der Waals surface area contributed by atoms with Gasteiger partial charge in [-0.15, -0.1) is 0 Å². The van der Waals surface area contributed by atoms with Crippen LogP contribution in [0.1, 0.15) is 34.5 Å². The molecule has 6 nitrogen and oxygen atoms in total. The van der Waals surface area contributed by atoms with Gasteiger partial charge in [-0.1, -0.05) is 6.92 Å². The molecule has 0 aromatic carbocycles. The lowest BCUT2D eigenvalue weighted by atomic mass is 10.4. The summed E-state index contributed by atoms with van der Waals surface area (Å²) < 4.78 is 8.94. The van der Waals surface area contributed by atoms with Gasteiger partial charge in [0, 0.05) is 6.42 Å². The van der Waals surface area contributed by atoms with Crippen molar-refractivity contribution in [2.24, 2.45) is 0 Å². The van der Waals surface area contributed by atoms with Crippen LogP contribution < -0.4 is 0 Å². The van der Waals surface area contributed by atoms with Crippen molar-refractivity contribution < 1.29 is 28.6 Å². The molecule has 0 aliphatic carbocycles. The molecule has 15 heavy (non-hydrogen) atoms. The van der Waals surface area contributed by atoms with Crippen molar-refractivity contribution in [1.29, 1.82) is 0 Å². The number of hydrogen-bond donors (Lipinski definition) is 1. The Hall–Kier alpha value is -2.11. The van der Waals surface area contributed by atoms with E-state index in [1.165, 1.54) is 6.92 Å². The molecule has 0 saturated heterocycles. The number of hydrogen-bond acceptors (Lipinski definition) is 5. The van der Waals surface area contributed by atoms with E-state index in [2.05, 4.69) is 9.15 Å². The summed E-state index contributed by atoms with van der Waals surface area (Å²) in [5, 5.41) is 8.50. The molecule has 1 rings (SSSR count). The summed E-state index contributed by atoms with van der Waals surface area (Å²) in [6.45, 7) is 1.53. The molecule has 1 N–H and O–H groups in total. The third kappa shape index (κ3) is 2.67. The van der Waals surface area contributed by atoms with E-state index in [0.29, 0.717) is 0 Å². The van der Waals surface area contributed by atoms with E-state index in [9.17, 15) is 14.4 Å². The van der Waals surface area contributed by atoms with Crippen molar-refractivity contribution in [2.75, 3.05) is 0 Å². The molecule has 1 aromatic rings. The van der Waals surface area contributed by atoms with Gasteiger partial charge in [0.15, 0.2) is 0 Å². The fourth-order valence-electron chi connectivity index (χ4n) is 0.788. The molecule has 0 spiro atoms. The van der Waals surface area contributed by atoms with E-state index in [1.807, 2.05) is 0 Å². The molecular weight excluding hydrogens is 204 g/mol. The summed E-state index contributed by atoms with van der Waals surface area (Å²) in [5.41, 5.74) is 0. The maximum Gasteiger partial charge on any atom is 0.381 e. The van der Waals surface area contributed by atoms with Crippen LogP contribution >= 0.6 is 0 Å². The number of esters is 2. The minimum atomic E-state index is -1.30. The van der Waals surface area contributed by atoms with E-state index in [1.54, 1.807) is 0 Å². The second-order valence-electron chi connectivity index (χ2n) is 2.58. The maximum absolute atomic E-state index is 11.1. The highest BCUT2D eigenvalue weighted by molar-refractivity contribution is 5.95. The van der Waals surface area contributed by atoms with Crippen LogP contribution in [0.15, 0.2) is 16.5 Å². The maximum atomic E-state index is 11.1. The Kier molecular flexibility index (Phi) is 3.22. The molecule has 0 saturated carbocycles. The van der Waals surface area contributed by atoms with E-state index in [4.69, 9.17) is 5.11 Å². The topological polar surface area (TPSA) is 93.8 Å². The van der Waals surface area contributed by atoms with Gasteiger partial charge < -0.3 is 14.3 Å². The molecule has 80 valence electrons. The number of furan rings is 1. The molecule has 0 atom stereocenters. The number of carbonyl (C=O) groups excluding carboxylic acids is 2. The SMILES string of the molecule is CCC(=O)OC(=O)c1ccc(C(=O)O)o1. The molecule has 0 aliphatic rings. The van der Waals surface area contributed by atoms with Crippen molar-refractivity contribution in [3.05, 3.63) is 23.7 Å². The normalized spacial score (nSPS) is 9.67. The summed E-state index contributed by atoms with van der Waals surface area (Å²) >= 11 is 0. The molecular formula is C9H8O6. The van der Waals surface area contributed by atoms with Gasteiger partial charge in [-0.2, -0.15) is 0 Å². The van der Waals surface area contributed by atoms with E-state index in [-0.39, 0.29) is 17.9 Å². The van der Waals surface area contributed by atoms with Crippen LogP contribution in [0, 0.1) is 0 Å². The molecule has 1 aromatic heterocycles. The number of aromatic carboxylic acids is 1. The summed E-state index contributed by atoms with van der Waals surface area (Å²) in [6.07, 6.45) is 0.0538. The highest BCUT2D eigenvalue weighted by Gasteiger charge is 2.18. The molecule has 6 heteroatoms. The molecule has 0 unspecified atom stereocenters. The Morgan fingerprint density at radius 1 is 1.33 bits per heavy atom. The number of carboxylic acid groups (broad SMARTS) is 1. The lowest BCUT2D eigenvalue weighted by molar-refractivity contribution is -0.137. The number of rotatable bonds is 3. The van der Waals surface area contributed by atoms with E-state index < -0.39 is 17.9 Å². The summed E-state index contributed by atoms with van der Waals surface area (Å²) in [6, 6.07) is 2.24. The van der Waals surface area contributed by atoms with Gasteiger partial charge in [0.05, 0.1) is 0 Å². The van der Waals surface area contributed by atoms with Crippen molar-refractivity contribution in [2.45, 2.75) is 13.3 Å². The highest BCUT2D eigenvalue weighted by Crippen LogP contribution is 2.09. The van der Waals surface area contributed by atoms with Crippen LogP contribution in [0.4, 0.5) is 0 Å². The Morgan fingerprint density at radius 3 is 2.40 bits per heavy atom. The van der Waals surface area contributed by atoms with Gasteiger partial charge in [0.2, 0.25) is 11.5 Å². The number of carbonyl (C=O) groups is 3. The van der Waals surface area contributed by atoms with Crippen molar-refractivity contribution >= 4 is 17.9 Å². The van der Waals surface area contributed by atoms with Crippen LogP contribution in [0.25, 0.3) is 0 Å². The third-order valence-corrected chi connectivity index (χ3v) is 1.51. The quantitative estimate of drug-likeness (QED) is 0.594. The van der Waals surface area contributed by atoms with Crippen molar-refractivity contribution in [1.82, 2.24) is 0 Å². The Morgan fingerprint density at radius 2 is 1.93 bits per heavy atom. The minimum Gasteiger partial charge on any atom is -0.475 e. The Bertz CT molecular complexity index is 402. The van der Waals surface area contributed by atoms with Gasteiger partial charge in [-0.05, 0) is 12.1 Å². The first-order chi connectivity index (χ1) is 7.04. The smallest absolute Gasteiger partial charge is 0.381 e. The zero-order valence-corrected chi connectivity index (χ0v) is 7.85. The first-order valence-electron chi connectivity index (χ1n) is 4.12. The summed E-state index contributed by atoms with van der Waals surface area (Å²) in [4.78, 5) is 32.3. The lowest BCUT2D eigenvalue weighted by Crippen LogP contribution is -2.10. The first-order valence-corrected chi connectivity index (χ1v) is 4.12. The van der Waals surface area contributed by atoms with Gasteiger partial charge in [-0.25, -0.2) is 9.59 Å². The van der Waals surface area contributed by atoms with E-state index in [0.717, 1.165) is 12.1 Å². The monoisotopic (exact) mass is 212 g/mol. The summed E-state index contributed by atoms with van der Waals surface area (Å²) in [7, 11) is 0. The van der Waals surface area contributed by atoms with Gasteiger partial charge in [-0.3, -0.25) is 4.79 Å². The Labute approximate surface area is 84.4 Å². The second kappa shape index (κ2) is 4.41. The van der Waals surface area contributed by atoms with Crippen LogP contribution in [0.5, 0.6) is 0 Å². The Balaban J connectivity index is 2.74. The largest absolute Gasteiger partial charge is 0.475 e. The first kappa shape index (κ1) is 11.0. The minimum absolute atomic E-state index is 0.0538. The third-order valence-electron chi connectivity index (χ3n) is 1.51. The van der Waals surface area contributed by atoms with E-state index >= 15 is 0 Å². The van der Waals surface area contributed by atoms with Crippen molar-refractivity contribution in [3.63, 3.8) is 0 Å². The molecule has 0 fully saturated rings. The molecule has 0 aliphatic heterocycles. The van der Waals surface area contributed by atoms with Gasteiger partial charge in [0.1, 0.15) is 0 Å². The number of carboxylic acids is 1. The standard InChI is InChI=1S/C9H8O6/c1-2-7(10)15-9(13)6-4-3-5(14-6)8(11)12/h3-4H,2H2,1H3,(H,11,12). The van der Waals surface area contributed by atoms with Crippen LogP contribution in [0.2, 0.25) is 0 Å². The zero-order valence-electron chi connectivity index (χ0n) is 7.85. The van der Waals surface area contributed by atoms with Crippen LogP contribution in [0.3, 0.4) is 0 Å². The highest BCUT2D eigenvalue weighted by atomic mass is 16.6. The average Bonchev–Trinajstić information content (AvgIpc) is 2.66. The van der Waals surface area contributed by atoms with Crippen LogP contribution in [-0.2, 0) is 9.53 Å². The molecule has 0 bridgehead atoms. The molecule has 0 amide bonds. The number of ether oxygens (including phenoxy) is 1. The molecule has 1 heterocycles. The lowest BCUT2D eigenvalue weighted by Gasteiger charge is -1.96. The van der Waals surface area contributed by atoms with Gasteiger partial charge in [0.25, 0.3) is 0 Å². The van der Waals surface area contributed by atoms with Gasteiger partial charge >= 0.3 is 17.9 Å². The second-order valence-corrected chi connectivity index (χ2v) is 2.58. The van der Waals surface area contributed by atoms with Crippen LogP contribution in [-0.4, -0.2) is 23.0 Å². The predicted octanol–water partition coefficient (Wildman–Crippen LogP) is 1.07. The summed E-state index contributed by atoms with van der Waals surface area (Å²) in [5.74, 6) is -3.68. The fourth-order valence-corrected chi connectivity index (χ4v) is 0.788. The van der Waals surface area contributed by atoms with Crippen molar-refractivity contribution in [3.8, 4) is 0 Å². The fraction of sp³-hybridized carbons (Fsp3) is 0.222. The predicted molar refractivity (Wildman–Crippen MR) is 46.4 cm³/mol. The average molecular weight is 212 g/mol. The molecule has 0 radical (unpaired) electrons. The zero-order chi connectivity index (χ0) is 11.4.